The van der Waals surface area contributed by atoms with E-state index in [4.69, 9.17) is 10.3 Å². The second kappa shape index (κ2) is 5.41. The maximum atomic E-state index is 11.9. The van der Waals surface area contributed by atoms with Gasteiger partial charge >= 0.3 is 0 Å². The number of hydrogen-bond acceptors (Lipinski definition) is 6. The van der Waals surface area contributed by atoms with Crippen LogP contribution in [0.4, 0.5) is 5.69 Å². The van der Waals surface area contributed by atoms with Gasteiger partial charge in [-0.05, 0) is 43.5 Å². The molecule has 4 rings (SSSR count). The number of hydrazine groups is 1. The van der Waals surface area contributed by atoms with E-state index in [1.165, 1.54) is 5.01 Å². The summed E-state index contributed by atoms with van der Waals surface area (Å²) in [4.78, 5) is 27.8. The van der Waals surface area contributed by atoms with Crippen molar-refractivity contribution in [2.45, 2.75) is 37.6 Å². The third-order valence-electron chi connectivity index (χ3n) is 4.54. The van der Waals surface area contributed by atoms with Gasteiger partial charge in [0.15, 0.2) is 5.82 Å². The molecule has 0 bridgehead atoms. The first-order chi connectivity index (χ1) is 11.5. The maximum Gasteiger partial charge on any atom is 0.257 e. The molecule has 2 aromatic rings. The fourth-order valence-corrected chi connectivity index (χ4v) is 2.86. The van der Waals surface area contributed by atoms with Crippen LogP contribution in [0.15, 0.2) is 28.8 Å². The van der Waals surface area contributed by atoms with Gasteiger partial charge in [-0.2, -0.15) is 4.98 Å². The highest BCUT2D eigenvalue weighted by Crippen LogP contribution is 2.37. The minimum absolute atomic E-state index is 0.141. The molecule has 1 saturated heterocycles. The van der Waals surface area contributed by atoms with Crippen molar-refractivity contribution in [2.75, 3.05) is 5.01 Å². The molecule has 2 aliphatic rings. The Balaban J connectivity index is 1.55. The van der Waals surface area contributed by atoms with Crippen molar-refractivity contribution >= 4 is 17.5 Å². The normalized spacial score (nSPS) is 19.8. The van der Waals surface area contributed by atoms with E-state index in [1.54, 1.807) is 24.3 Å². The number of nitrogens with one attached hydrogen (secondary N) is 1. The standard InChI is InChI=1S/C16H17N5O3/c17-16(8-1-9-16)15-18-14(24-20-15)10-2-4-11(5-3-10)21-13(23)7-6-12(22)19-21/h2-5H,1,6-9,17H2,(H,19,22). The molecular formula is C16H17N5O3. The van der Waals surface area contributed by atoms with Crippen molar-refractivity contribution in [3.63, 3.8) is 0 Å². The Bertz CT molecular complexity index is 794. The number of anilines is 1. The van der Waals surface area contributed by atoms with Crippen molar-refractivity contribution in [1.82, 2.24) is 15.6 Å². The number of hydrogen-bond donors (Lipinski definition) is 2. The summed E-state index contributed by atoms with van der Waals surface area (Å²) in [6.07, 6.45) is 3.23. The monoisotopic (exact) mass is 327 g/mol. The van der Waals surface area contributed by atoms with Gasteiger partial charge in [0.25, 0.3) is 5.89 Å². The van der Waals surface area contributed by atoms with Crippen LogP contribution in [0.2, 0.25) is 0 Å². The molecule has 1 saturated carbocycles. The number of carbonyl (C=O) groups is 2. The van der Waals surface area contributed by atoms with E-state index in [9.17, 15) is 9.59 Å². The molecule has 8 heteroatoms. The molecule has 1 aromatic carbocycles. The summed E-state index contributed by atoms with van der Waals surface area (Å²) >= 11 is 0. The van der Waals surface area contributed by atoms with Gasteiger partial charge in [0, 0.05) is 18.4 Å². The predicted octanol–water partition coefficient (Wildman–Crippen LogP) is 1.23. The smallest absolute Gasteiger partial charge is 0.257 e. The zero-order valence-corrected chi connectivity index (χ0v) is 13.0. The van der Waals surface area contributed by atoms with Crippen molar-refractivity contribution in [3.05, 3.63) is 30.1 Å². The molecular weight excluding hydrogens is 310 g/mol. The van der Waals surface area contributed by atoms with Crippen LogP contribution in [0.25, 0.3) is 11.5 Å². The highest BCUT2D eigenvalue weighted by Gasteiger charge is 2.39. The van der Waals surface area contributed by atoms with E-state index in [0.717, 1.165) is 24.8 Å². The summed E-state index contributed by atoms with van der Waals surface area (Å²) in [7, 11) is 0. The second-order valence-corrected chi connectivity index (χ2v) is 6.24. The number of carbonyl (C=O) groups excluding carboxylic acids is 2. The Labute approximate surface area is 138 Å². The van der Waals surface area contributed by atoms with Gasteiger partial charge in [-0.25, -0.2) is 5.01 Å². The molecule has 0 radical (unpaired) electrons. The first-order valence-electron chi connectivity index (χ1n) is 7.91. The fourth-order valence-electron chi connectivity index (χ4n) is 2.86. The second-order valence-electron chi connectivity index (χ2n) is 6.24. The Hall–Kier alpha value is -2.74. The molecule has 24 heavy (non-hydrogen) atoms. The van der Waals surface area contributed by atoms with E-state index in [2.05, 4.69) is 15.6 Å². The molecule has 1 aliphatic heterocycles. The molecule has 2 amide bonds. The van der Waals surface area contributed by atoms with Gasteiger partial charge in [-0.3, -0.25) is 15.0 Å². The highest BCUT2D eigenvalue weighted by atomic mass is 16.5. The fraction of sp³-hybridized carbons (Fsp3) is 0.375. The molecule has 8 nitrogen and oxygen atoms in total. The summed E-state index contributed by atoms with van der Waals surface area (Å²) in [5, 5.41) is 5.25. The number of nitrogens with two attached hydrogens (primary N) is 1. The Morgan fingerprint density at radius 3 is 2.58 bits per heavy atom. The molecule has 0 atom stereocenters. The van der Waals surface area contributed by atoms with Crippen LogP contribution in [-0.2, 0) is 15.1 Å². The summed E-state index contributed by atoms with van der Waals surface area (Å²) in [5.41, 5.74) is 9.61. The molecule has 2 heterocycles. The van der Waals surface area contributed by atoms with Crippen LogP contribution < -0.4 is 16.2 Å². The topological polar surface area (TPSA) is 114 Å². The minimum atomic E-state index is -0.466. The number of amides is 2. The van der Waals surface area contributed by atoms with E-state index in [0.29, 0.717) is 17.4 Å². The van der Waals surface area contributed by atoms with Crippen LogP contribution in [0.5, 0.6) is 0 Å². The van der Waals surface area contributed by atoms with Crippen LogP contribution in [0.1, 0.15) is 37.9 Å². The molecule has 1 aromatic heterocycles. The number of aromatic nitrogens is 2. The molecule has 0 unspecified atom stereocenters. The minimum Gasteiger partial charge on any atom is -0.334 e. The van der Waals surface area contributed by atoms with Gasteiger partial charge in [-0.1, -0.05) is 5.16 Å². The predicted molar refractivity (Wildman–Crippen MR) is 84.3 cm³/mol. The average molecular weight is 327 g/mol. The van der Waals surface area contributed by atoms with Gasteiger partial charge < -0.3 is 10.3 Å². The van der Waals surface area contributed by atoms with Crippen LogP contribution in [0, 0.1) is 0 Å². The zero-order chi connectivity index (χ0) is 16.7. The summed E-state index contributed by atoms with van der Waals surface area (Å²) in [6, 6.07) is 6.99. The molecule has 1 aliphatic carbocycles. The lowest BCUT2D eigenvalue weighted by atomic mass is 9.77. The van der Waals surface area contributed by atoms with Gasteiger partial charge in [0.1, 0.15) is 0 Å². The van der Waals surface area contributed by atoms with Crippen LogP contribution >= 0.6 is 0 Å². The Morgan fingerprint density at radius 2 is 1.92 bits per heavy atom. The van der Waals surface area contributed by atoms with E-state index < -0.39 is 5.54 Å². The van der Waals surface area contributed by atoms with Crippen molar-refractivity contribution in [1.29, 1.82) is 0 Å². The molecule has 2 fully saturated rings. The third kappa shape index (κ3) is 2.44. The van der Waals surface area contributed by atoms with Crippen LogP contribution in [-0.4, -0.2) is 22.0 Å². The zero-order valence-electron chi connectivity index (χ0n) is 13.0. The number of rotatable bonds is 3. The number of nitrogens with zero attached hydrogens (tertiary/aromatic N) is 3. The summed E-state index contributed by atoms with van der Waals surface area (Å²) in [6.45, 7) is 0. The summed E-state index contributed by atoms with van der Waals surface area (Å²) < 4.78 is 5.30. The Morgan fingerprint density at radius 1 is 1.17 bits per heavy atom. The number of benzene rings is 1. The highest BCUT2D eigenvalue weighted by molar-refractivity contribution is 6.01. The van der Waals surface area contributed by atoms with Crippen molar-refractivity contribution in [3.8, 4) is 11.5 Å². The first kappa shape index (κ1) is 14.8. The lowest BCUT2D eigenvalue weighted by Gasteiger charge is -2.34. The van der Waals surface area contributed by atoms with Crippen molar-refractivity contribution in [2.24, 2.45) is 5.73 Å². The molecule has 0 spiro atoms. The lowest BCUT2D eigenvalue weighted by molar-refractivity contribution is -0.130. The summed E-state index contributed by atoms with van der Waals surface area (Å²) in [5.74, 6) is 0.611. The van der Waals surface area contributed by atoms with Gasteiger partial charge in [0.05, 0.1) is 11.2 Å². The average Bonchev–Trinajstić information content (AvgIpc) is 3.05. The molecule has 124 valence electrons. The SMILES string of the molecule is NC1(c2noc(-c3ccc(N4NC(=O)CCC4=O)cc3)n2)CCC1. The lowest BCUT2D eigenvalue weighted by Crippen LogP contribution is -2.50. The molecule has 3 N–H and O–H groups in total. The quantitative estimate of drug-likeness (QED) is 0.876. The van der Waals surface area contributed by atoms with Gasteiger partial charge in [0.2, 0.25) is 11.8 Å². The van der Waals surface area contributed by atoms with E-state index in [1.807, 2.05) is 0 Å². The first-order valence-corrected chi connectivity index (χ1v) is 7.91. The van der Waals surface area contributed by atoms with Gasteiger partial charge in [-0.15, -0.1) is 0 Å². The largest absolute Gasteiger partial charge is 0.334 e. The third-order valence-corrected chi connectivity index (χ3v) is 4.54. The Kier molecular flexibility index (Phi) is 3.34. The van der Waals surface area contributed by atoms with E-state index in [-0.39, 0.29) is 24.7 Å². The van der Waals surface area contributed by atoms with Crippen molar-refractivity contribution < 1.29 is 14.1 Å². The van der Waals surface area contributed by atoms with Crippen LogP contribution in [0.3, 0.4) is 0 Å². The van der Waals surface area contributed by atoms with E-state index >= 15 is 0 Å². The maximum absolute atomic E-state index is 11.9.